The first-order valence-electron chi connectivity index (χ1n) is 6.57. The molecule has 2 heterocycles. The molecular formula is C14H20N2S. The summed E-state index contributed by atoms with van der Waals surface area (Å²) in [6.07, 6.45) is 2.52. The molecular weight excluding hydrogens is 228 g/mol. The predicted molar refractivity (Wildman–Crippen MR) is 75.9 cm³/mol. The van der Waals surface area contributed by atoms with E-state index >= 15 is 0 Å². The molecule has 2 aliphatic heterocycles. The second-order valence-electron chi connectivity index (χ2n) is 4.91. The fraction of sp³-hybridized carbons (Fsp3) is 0.571. The van der Waals surface area contributed by atoms with Crippen molar-refractivity contribution in [1.29, 1.82) is 0 Å². The summed E-state index contributed by atoms with van der Waals surface area (Å²) in [6.45, 7) is 4.77. The molecule has 0 spiro atoms. The summed E-state index contributed by atoms with van der Waals surface area (Å²) in [7, 11) is 0. The molecule has 0 radical (unpaired) electrons. The van der Waals surface area contributed by atoms with Gasteiger partial charge in [-0.05, 0) is 30.0 Å². The quantitative estimate of drug-likeness (QED) is 0.866. The first-order chi connectivity index (χ1) is 8.42. The Morgan fingerprint density at radius 2 is 2.12 bits per heavy atom. The van der Waals surface area contributed by atoms with Crippen LogP contribution in [0.5, 0.6) is 0 Å². The summed E-state index contributed by atoms with van der Waals surface area (Å²) < 4.78 is 0. The van der Waals surface area contributed by atoms with Crippen molar-refractivity contribution in [3.63, 3.8) is 0 Å². The van der Waals surface area contributed by atoms with Crippen molar-refractivity contribution in [2.24, 2.45) is 0 Å². The lowest BCUT2D eigenvalue weighted by Crippen LogP contribution is -2.32. The van der Waals surface area contributed by atoms with E-state index in [1.807, 2.05) is 0 Å². The van der Waals surface area contributed by atoms with Crippen LogP contribution in [0.2, 0.25) is 0 Å². The van der Waals surface area contributed by atoms with Gasteiger partial charge in [-0.3, -0.25) is 4.90 Å². The topological polar surface area (TPSA) is 15.3 Å². The molecule has 2 nitrogen and oxygen atoms in total. The van der Waals surface area contributed by atoms with Gasteiger partial charge in [-0.2, -0.15) is 11.8 Å². The highest BCUT2D eigenvalue weighted by atomic mass is 32.2. The zero-order valence-corrected chi connectivity index (χ0v) is 11.1. The van der Waals surface area contributed by atoms with Gasteiger partial charge in [0.1, 0.15) is 0 Å². The number of benzene rings is 1. The minimum absolute atomic E-state index is 1.13. The number of rotatable bonds is 2. The SMILES string of the molecule is c1cc2c(cc1CN1CCSCC1)CCCN2. The summed E-state index contributed by atoms with van der Waals surface area (Å²) in [5, 5.41) is 3.48. The van der Waals surface area contributed by atoms with Crippen molar-refractivity contribution < 1.29 is 0 Å². The lowest BCUT2D eigenvalue weighted by Gasteiger charge is -2.27. The minimum Gasteiger partial charge on any atom is -0.385 e. The Morgan fingerprint density at radius 3 is 3.00 bits per heavy atom. The standard InChI is InChI=1S/C14H20N2S/c1-2-13-10-12(3-4-14(13)15-5-1)11-16-6-8-17-9-7-16/h3-4,10,15H,1-2,5-9,11H2. The van der Waals surface area contributed by atoms with Gasteiger partial charge in [0.15, 0.2) is 0 Å². The number of hydrogen-bond acceptors (Lipinski definition) is 3. The number of thioether (sulfide) groups is 1. The summed E-state index contributed by atoms with van der Waals surface area (Å²) in [6, 6.07) is 6.96. The van der Waals surface area contributed by atoms with Crippen molar-refractivity contribution in [3.8, 4) is 0 Å². The van der Waals surface area contributed by atoms with E-state index < -0.39 is 0 Å². The molecule has 1 N–H and O–H groups in total. The predicted octanol–water partition coefficient (Wildman–Crippen LogP) is 2.59. The Labute approximate surface area is 108 Å². The maximum Gasteiger partial charge on any atom is 0.0372 e. The van der Waals surface area contributed by atoms with Gasteiger partial charge >= 0.3 is 0 Å². The molecule has 0 bridgehead atoms. The van der Waals surface area contributed by atoms with Crippen LogP contribution >= 0.6 is 11.8 Å². The molecule has 92 valence electrons. The summed E-state index contributed by atoms with van der Waals surface area (Å²) in [4.78, 5) is 2.58. The molecule has 1 fully saturated rings. The fourth-order valence-electron chi connectivity index (χ4n) is 2.64. The Kier molecular flexibility index (Phi) is 3.57. The van der Waals surface area contributed by atoms with Gasteiger partial charge in [-0.25, -0.2) is 0 Å². The molecule has 0 aliphatic carbocycles. The number of fused-ring (bicyclic) bond motifs is 1. The number of nitrogens with zero attached hydrogens (tertiary/aromatic N) is 1. The zero-order chi connectivity index (χ0) is 11.5. The molecule has 3 rings (SSSR count). The number of hydrogen-bond donors (Lipinski definition) is 1. The Morgan fingerprint density at radius 1 is 1.24 bits per heavy atom. The molecule has 1 saturated heterocycles. The van der Waals surface area contributed by atoms with Gasteiger partial charge in [-0.1, -0.05) is 12.1 Å². The van der Waals surface area contributed by atoms with E-state index in [9.17, 15) is 0 Å². The molecule has 0 aromatic heterocycles. The maximum atomic E-state index is 3.48. The summed E-state index contributed by atoms with van der Waals surface area (Å²) in [5.74, 6) is 2.60. The summed E-state index contributed by atoms with van der Waals surface area (Å²) >= 11 is 2.08. The molecule has 0 amide bonds. The van der Waals surface area contributed by atoms with Crippen molar-refractivity contribution in [3.05, 3.63) is 29.3 Å². The van der Waals surface area contributed by atoms with Gasteiger partial charge in [-0.15, -0.1) is 0 Å². The molecule has 0 saturated carbocycles. The molecule has 0 atom stereocenters. The lowest BCUT2D eigenvalue weighted by atomic mass is 10.0. The second-order valence-corrected chi connectivity index (χ2v) is 6.14. The van der Waals surface area contributed by atoms with Crippen LogP contribution in [0.25, 0.3) is 0 Å². The maximum absolute atomic E-state index is 3.48. The molecule has 1 aromatic rings. The van der Waals surface area contributed by atoms with Crippen LogP contribution in [0.15, 0.2) is 18.2 Å². The number of nitrogens with one attached hydrogen (secondary N) is 1. The van der Waals surface area contributed by atoms with Crippen LogP contribution in [-0.2, 0) is 13.0 Å². The van der Waals surface area contributed by atoms with E-state index in [2.05, 4.69) is 40.2 Å². The van der Waals surface area contributed by atoms with E-state index in [1.54, 1.807) is 0 Å². The first kappa shape index (κ1) is 11.4. The van der Waals surface area contributed by atoms with E-state index in [1.165, 1.54) is 54.3 Å². The van der Waals surface area contributed by atoms with Gasteiger partial charge in [0.05, 0.1) is 0 Å². The van der Waals surface area contributed by atoms with Crippen LogP contribution in [0.3, 0.4) is 0 Å². The van der Waals surface area contributed by atoms with Gasteiger partial charge in [0.25, 0.3) is 0 Å². The highest BCUT2D eigenvalue weighted by molar-refractivity contribution is 7.99. The van der Waals surface area contributed by atoms with Crippen LogP contribution in [0.1, 0.15) is 17.5 Å². The third-order valence-electron chi connectivity index (χ3n) is 3.62. The summed E-state index contributed by atoms with van der Waals surface area (Å²) in [5.41, 5.74) is 4.36. The van der Waals surface area contributed by atoms with Crippen LogP contribution in [0, 0.1) is 0 Å². The van der Waals surface area contributed by atoms with Crippen molar-refractivity contribution >= 4 is 17.4 Å². The average molecular weight is 248 g/mol. The van der Waals surface area contributed by atoms with E-state index in [4.69, 9.17) is 0 Å². The Balaban J connectivity index is 1.70. The van der Waals surface area contributed by atoms with E-state index in [0.29, 0.717) is 0 Å². The average Bonchev–Trinajstić information content (AvgIpc) is 2.40. The molecule has 1 aromatic carbocycles. The van der Waals surface area contributed by atoms with E-state index in [-0.39, 0.29) is 0 Å². The molecule has 17 heavy (non-hydrogen) atoms. The second kappa shape index (κ2) is 5.32. The third-order valence-corrected chi connectivity index (χ3v) is 4.56. The lowest BCUT2D eigenvalue weighted by molar-refractivity contribution is 0.294. The van der Waals surface area contributed by atoms with Crippen LogP contribution in [-0.4, -0.2) is 36.0 Å². The number of aryl methyl sites for hydroxylation is 1. The Bertz CT molecular complexity index is 386. The first-order valence-corrected chi connectivity index (χ1v) is 7.73. The number of anilines is 1. The van der Waals surface area contributed by atoms with Crippen LogP contribution in [0.4, 0.5) is 5.69 Å². The normalized spacial score (nSPS) is 20.7. The van der Waals surface area contributed by atoms with Crippen LogP contribution < -0.4 is 5.32 Å². The molecule has 2 aliphatic rings. The van der Waals surface area contributed by atoms with E-state index in [0.717, 1.165) is 13.1 Å². The Hall–Kier alpha value is -0.670. The fourth-order valence-corrected chi connectivity index (χ4v) is 3.62. The largest absolute Gasteiger partial charge is 0.385 e. The van der Waals surface area contributed by atoms with Crippen molar-refractivity contribution in [1.82, 2.24) is 4.90 Å². The third kappa shape index (κ3) is 2.78. The zero-order valence-electron chi connectivity index (χ0n) is 10.2. The minimum atomic E-state index is 1.13. The highest BCUT2D eigenvalue weighted by Gasteiger charge is 2.13. The monoisotopic (exact) mass is 248 g/mol. The van der Waals surface area contributed by atoms with Gasteiger partial charge in [0, 0.05) is 43.4 Å². The van der Waals surface area contributed by atoms with Crippen molar-refractivity contribution in [2.45, 2.75) is 19.4 Å². The van der Waals surface area contributed by atoms with Gasteiger partial charge < -0.3 is 5.32 Å². The smallest absolute Gasteiger partial charge is 0.0372 e. The van der Waals surface area contributed by atoms with Crippen molar-refractivity contribution in [2.75, 3.05) is 36.5 Å². The molecule has 0 unspecified atom stereocenters. The highest BCUT2D eigenvalue weighted by Crippen LogP contribution is 2.24. The molecule has 3 heteroatoms. The van der Waals surface area contributed by atoms with Gasteiger partial charge in [0.2, 0.25) is 0 Å².